The number of piperidine rings is 1. The van der Waals surface area contributed by atoms with E-state index in [-0.39, 0.29) is 35.2 Å². The Bertz CT molecular complexity index is 1510. The highest BCUT2D eigenvalue weighted by Gasteiger charge is 2.39. The predicted octanol–water partition coefficient (Wildman–Crippen LogP) is 4.59. The molecule has 9 nitrogen and oxygen atoms in total. The summed E-state index contributed by atoms with van der Waals surface area (Å²) in [6.07, 6.45) is 0.428. The molecule has 3 aromatic carbocycles. The van der Waals surface area contributed by atoms with Gasteiger partial charge in [0, 0.05) is 48.8 Å². The van der Waals surface area contributed by atoms with Crippen LogP contribution in [0.2, 0.25) is 5.02 Å². The fourth-order valence-corrected chi connectivity index (χ4v) is 6.94. The molecule has 0 radical (unpaired) electrons. The number of carbonyl (C=O) groups is 1. The molecule has 3 aromatic rings. The Labute approximate surface area is 252 Å². The molecule has 1 saturated heterocycles. The van der Waals surface area contributed by atoms with Crippen LogP contribution in [0.1, 0.15) is 18.4 Å². The molecule has 2 heterocycles. The van der Waals surface area contributed by atoms with E-state index in [0.29, 0.717) is 44.0 Å². The van der Waals surface area contributed by atoms with Crippen LogP contribution in [0.5, 0.6) is 5.75 Å². The van der Waals surface area contributed by atoms with Gasteiger partial charge in [-0.1, -0.05) is 47.5 Å². The largest absolute Gasteiger partial charge is 0.492 e. The summed E-state index contributed by atoms with van der Waals surface area (Å²) in [7, 11) is -2.05. The van der Waals surface area contributed by atoms with Gasteiger partial charge >= 0.3 is 6.03 Å². The van der Waals surface area contributed by atoms with Crippen molar-refractivity contribution in [3.63, 3.8) is 0 Å². The van der Waals surface area contributed by atoms with Crippen LogP contribution in [0.25, 0.3) is 11.1 Å². The van der Waals surface area contributed by atoms with Gasteiger partial charge in [-0.25, -0.2) is 17.9 Å². The third-order valence-electron chi connectivity index (χ3n) is 8.00. The SMILES string of the molecule is Cc1ccc(NC(=O)N2CCC3(CC2)COc2cc(-c4ccc(Cl)cc4)ccc2S(=O)(=O)NCC(O)CN(C)C3)cc1. The topological polar surface area (TPSA) is 111 Å². The van der Waals surface area contributed by atoms with Gasteiger partial charge in [-0.2, -0.15) is 0 Å². The number of amides is 2. The first-order valence-electron chi connectivity index (χ1n) is 14.0. The van der Waals surface area contributed by atoms with Crippen molar-refractivity contribution in [2.45, 2.75) is 30.8 Å². The van der Waals surface area contributed by atoms with Gasteiger partial charge in [-0.3, -0.25) is 0 Å². The highest BCUT2D eigenvalue weighted by Crippen LogP contribution is 2.37. The van der Waals surface area contributed by atoms with Crippen molar-refractivity contribution in [1.82, 2.24) is 14.5 Å². The molecule has 0 aliphatic carbocycles. The molecule has 3 N–H and O–H groups in total. The number of nitrogens with one attached hydrogen (secondary N) is 2. The molecule has 0 saturated carbocycles. The molecule has 1 spiro atoms. The monoisotopic (exact) mass is 612 g/mol. The first-order chi connectivity index (χ1) is 20.0. The number of hydrogen-bond acceptors (Lipinski definition) is 6. The molecule has 1 unspecified atom stereocenters. The number of β-amino-alcohol motifs (C(OH)–C–C–N with tert-alkyl or cyclic N) is 1. The average Bonchev–Trinajstić information content (AvgIpc) is 2.96. The van der Waals surface area contributed by atoms with Crippen LogP contribution in [0.4, 0.5) is 10.5 Å². The zero-order valence-corrected chi connectivity index (χ0v) is 25.4. The van der Waals surface area contributed by atoms with Gasteiger partial charge in [-0.05, 0) is 74.3 Å². The molecule has 1 atom stereocenters. The molecule has 0 aromatic heterocycles. The maximum Gasteiger partial charge on any atom is 0.321 e. The zero-order chi connectivity index (χ0) is 29.9. The van der Waals surface area contributed by atoms with Crippen molar-refractivity contribution < 1.29 is 23.1 Å². The van der Waals surface area contributed by atoms with E-state index in [0.717, 1.165) is 22.4 Å². The van der Waals surface area contributed by atoms with Crippen molar-refractivity contribution >= 4 is 33.3 Å². The number of ether oxygens (including phenoxy) is 1. The van der Waals surface area contributed by atoms with E-state index in [1.54, 1.807) is 29.2 Å². The minimum Gasteiger partial charge on any atom is -0.492 e. The fraction of sp³-hybridized carbons (Fsp3) is 0.387. The van der Waals surface area contributed by atoms with E-state index >= 15 is 0 Å². The average molecular weight is 613 g/mol. The van der Waals surface area contributed by atoms with Crippen LogP contribution < -0.4 is 14.8 Å². The molecule has 11 heteroatoms. The summed E-state index contributed by atoms with van der Waals surface area (Å²) in [6, 6.07) is 19.9. The number of nitrogens with zero attached hydrogens (tertiary/aromatic N) is 2. The van der Waals surface area contributed by atoms with Gasteiger partial charge in [0.2, 0.25) is 10.0 Å². The first kappa shape index (κ1) is 30.3. The molecule has 2 amide bonds. The number of aryl methyl sites for hydroxylation is 1. The number of benzene rings is 3. The number of likely N-dealkylation sites (tertiary alicyclic amines) is 1. The van der Waals surface area contributed by atoms with E-state index < -0.39 is 16.1 Å². The lowest BCUT2D eigenvalue weighted by Crippen LogP contribution is -2.52. The second kappa shape index (κ2) is 12.6. The van der Waals surface area contributed by atoms with Gasteiger partial charge in [0.25, 0.3) is 0 Å². The lowest BCUT2D eigenvalue weighted by Gasteiger charge is -2.44. The Morgan fingerprint density at radius 2 is 1.71 bits per heavy atom. The number of halogens is 1. The van der Waals surface area contributed by atoms with Crippen LogP contribution in [-0.2, 0) is 10.0 Å². The lowest BCUT2D eigenvalue weighted by molar-refractivity contribution is 0.0256. The lowest BCUT2D eigenvalue weighted by atomic mass is 9.78. The molecular formula is C31H37ClN4O5S. The summed E-state index contributed by atoms with van der Waals surface area (Å²) in [5, 5.41) is 14.2. The maximum atomic E-state index is 13.3. The zero-order valence-electron chi connectivity index (χ0n) is 23.8. The number of anilines is 1. The number of hydrogen-bond donors (Lipinski definition) is 3. The highest BCUT2D eigenvalue weighted by atomic mass is 35.5. The van der Waals surface area contributed by atoms with E-state index in [9.17, 15) is 18.3 Å². The number of aliphatic hydroxyl groups excluding tert-OH is 1. The van der Waals surface area contributed by atoms with Gasteiger partial charge in [0.15, 0.2) is 0 Å². The van der Waals surface area contributed by atoms with Crippen LogP contribution in [0.3, 0.4) is 0 Å². The summed E-state index contributed by atoms with van der Waals surface area (Å²) in [5.74, 6) is 0.242. The fourth-order valence-electron chi connectivity index (χ4n) is 5.61. The van der Waals surface area contributed by atoms with E-state index in [2.05, 4.69) is 10.0 Å². The van der Waals surface area contributed by atoms with Gasteiger partial charge in [0.1, 0.15) is 10.6 Å². The molecule has 42 heavy (non-hydrogen) atoms. The third kappa shape index (κ3) is 7.25. The van der Waals surface area contributed by atoms with Crippen molar-refractivity contribution in [3.8, 4) is 16.9 Å². The summed E-state index contributed by atoms with van der Waals surface area (Å²) < 4.78 is 35.5. The summed E-state index contributed by atoms with van der Waals surface area (Å²) >= 11 is 6.07. The Kier molecular flexibility index (Phi) is 9.10. The minimum atomic E-state index is -3.96. The smallest absolute Gasteiger partial charge is 0.321 e. The number of carbonyl (C=O) groups excluding carboxylic acids is 1. The Hall–Kier alpha value is -3.15. The van der Waals surface area contributed by atoms with Crippen molar-refractivity contribution in [3.05, 3.63) is 77.3 Å². The third-order valence-corrected chi connectivity index (χ3v) is 9.71. The predicted molar refractivity (Wildman–Crippen MR) is 165 cm³/mol. The van der Waals surface area contributed by atoms with Gasteiger partial charge in [0.05, 0.1) is 12.7 Å². The molecule has 5 rings (SSSR count). The number of rotatable bonds is 2. The van der Waals surface area contributed by atoms with Crippen molar-refractivity contribution in [2.24, 2.45) is 5.41 Å². The van der Waals surface area contributed by atoms with E-state index in [4.69, 9.17) is 16.3 Å². The van der Waals surface area contributed by atoms with Crippen molar-refractivity contribution in [2.75, 3.05) is 51.7 Å². The Morgan fingerprint density at radius 3 is 2.40 bits per heavy atom. The summed E-state index contributed by atoms with van der Waals surface area (Å²) in [4.78, 5) is 16.9. The highest BCUT2D eigenvalue weighted by molar-refractivity contribution is 7.89. The molecule has 2 aliphatic rings. The number of urea groups is 1. The second-order valence-corrected chi connectivity index (χ2v) is 13.6. The second-order valence-electron chi connectivity index (χ2n) is 11.4. The number of aliphatic hydroxyl groups is 1. The number of sulfonamides is 1. The standard InChI is InChI=1S/C31H37ClN4O5S/c1-22-3-10-26(11-4-22)34-30(38)36-15-13-31(14-16-36)20-35(2)19-27(37)18-33-42(39,40)29-12-7-24(17-28(29)41-21-31)23-5-8-25(32)9-6-23/h3-12,17,27,33,37H,13-16,18-21H2,1-2H3,(H,34,38). The molecule has 2 aliphatic heterocycles. The van der Waals surface area contributed by atoms with Crippen LogP contribution in [0.15, 0.2) is 71.6 Å². The first-order valence-corrected chi connectivity index (χ1v) is 15.9. The molecule has 0 bridgehead atoms. The van der Waals surface area contributed by atoms with Gasteiger partial charge < -0.3 is 25.0 Å². The quantitative estimate of drug-likeness (QED) is 0.390. The molecule has 224 valence electrons. The number of likely N-dealkylation sites (N-methyl/N-ethyl adjacent to an activating group) is 1. The maximum absolute atomic E-state index is 13.3. The van der Waals surface area contributed by atoms with Gasteiger partial charge in [-0.15, -0.1) is 0 Å². The van der Waals surface area contributed by atoms with E-state index in [1.165, 1.54) is 6.07 Å². The summed E-state index contributed by atoms with van der Waals surface area (Å²) in [5.41, 5.74) is 3.17. The Morgan fingerprint density at radius 1 is 1.05 bits per heavy atom. The van der Waals surface area contributed by atoms with E-state index in [1.807, 2.05) is 55.3 Å². The van der Waals surface area contributed by atoms with Crippen molar-refractivity contribution in [1.29, 1.82) is 0 Å². The minimum absolute atomic E-state index is 0.0198. The normalized spacial score (nSPS) is 21.0. The van der Waals surface area contributed by atoms with Crippen LogP contribution in [-0.4, -0.2) is 81.8 Å². The molecular weight excluding hydrogens is 576 g/mol. The summed E-state index contributed by atoms with van der Waals surface area (Å²) in [6.45, 7) is 4.10. The van der Waals surface area contributed by atoms with Crippen LogP contribution in [0, 0.1) is 12.3 Å². The number of fused-ring (bicyclic) bond motifs is 1. The molecule has 1 fully saturated rings. The van der Waals surface area contributed by atoms with Crippen LogP contribution >= 0.6 is 11.6 Å². The Balaban J connectivity index is 1.40.